The molecule has 0 fully saturated rings. The third-order valence-corrected chi connectivity index (χ3v) is 5.12. The number of rotatable bonds is 8. The highest BCUT2D eigenvalue weighted by Gasteiger charge is 2.17. The molecule has 1 N–H and O–H groups in total. The minimum atomic E-state index is -2.94. The van der Waals surface area contributed by atoms with E-state index in [4.69, 9.17) is 0 Å². The van der Waals surface area contributed by atoms with Crippen molar-refractivity contribution in [3.63, 3.8) is 0 Å². The Morgan fingerprint density at radius 1 is 1.12 bits per heavy atom. The Morgan fingerprint density at radius 2 is 1.65 bits per heavy atom. The van der Waals surface area contributed by atoms with Crippen LogP contribution in [0.15, 0.2) is 0 Å². The molecule has 0 aliphatic heterocycles. The van der Waals surface area contributed by atoms with Crippen LogP contribution in [0.5, 0.6) is 0 Å². The molecule has 1 atom stereocenters. The third-order valence-electron chi connectivity index (χ3n) is 2.82. The molecule has 0 bridgehead atoms. The largest absolute Gasteiger partial charge is 0.392 e. The lowest BCUT2D eigenvalue weighted by molar-refractivity contribution is 0.108. The zero-order valence-corrected chi connectivity index (χ0v) is 12.5. The topological polar surface area (TPSA) is 57.6 Å². The second-order valence-electron chi connectivity index (χ2n) is 5.21. The summed E-state index contributed by atoms with van der Waals surface area (Å²) in [4.78, 5) is 2.11. The molecule has 0 rings (SSSR count). The maximum absolute atomic E-state index is 11.6. The maximum Gasteiger partial charge on any atom is 0.152 e. The fourth-order valence-corrected chi connectivity index (χ4v) is 2.61. The maximum atomic E-state index is 11.6. The Balaban J connectivity index is 4.16. The van der Waals surface area contributed by atoms with Gasteiger partial charge >= 0.3 is 0 Å². The summed E-state index contributed by atoms with van der Waals surface area (Å²) >= 11 is 0. The average molecular weight is 265 g/mol. The van der Waals surface area contributed by atoms with Crippen molar-refractivity contribution in [1.82, 2.24) is 4.90 Å². The van der Waals surface area contributed by atoms with Gasteiger partial charge in [-0.25, -0.2) is 8.42 Å². The number of aliphatic hydroxyl groups is 1. The zero-order valence-electron chi connectivity index (χ0n) is 11.7. The molecule has 0 amide bonds. The molecule has 0 aliphatic carbocycles. The lowest BCUT2D eigenvalue weighted by Gasteiger charge is -2.27. The first-order chi connectivity index (χ1) is 7.66. The van der Waals surface area contributed by atoms with Crippen molar-refractivity contribution in [1.29, 1.82) is 0 Å². The van der Waals surface area contributed by atoms with E-state index in [1.54, 1.807) is 20.8 Å². The van der Waals surface area contributed by atoms with Gasteiger partial charge in [0, 0.05) is 12.6 Å². The van der Waals surface area contributed by atoms with E-state index in [0.717, 1.165) is 0 Å². The van der Waals surface area contributed by atoms with Crippen LogP contribution in [0.2, 0.25) is 0 Å². The monoisotopic (exact) mass is 265 g/mol. The predicted molar refractivity (Wildman–Crippen MR) is 71.9 cm³/mol. The van der Waals surface area contributed by atoms with Gasteiger partial charge in [-0.05, 0) is 47.6 Å². The van der Waals surface area contributed by atoms with Crippen molar-refractivity contribution in [2.24, 2.45) is 0 Å². The van der Waals surface area contributed by atoms with E-state index in [1.165, 1.54) is 0 Å². The third kappa shape index (κ3) is 7.01. The van der Waals surface area contributed by atoms with E-state index in [1.807, 2.05) is 0 Å². The minimum absolute atomic E-state index is 0.230. The van der Waals surface area contributed by atoms with Crippen molar-refractivity contribution < 1.29 is 13.5 Å². The van der Waals surface area contributed by atoms with E-state index < -0.39 is 9.84 Å². The molecule has 0 aromatic heterocycles. The smallest absolute Gasteiger partial charge is 0.152 e. The van der Waals surface area contributed by atoms with E-state index >= 15 is 0 Å². The van der Waals surface area contributed by atoms with Crippen molar-refractivity contribution in [3.8, 4) is 0 Å². The van der Waals surface area contributed by atoms with E-state index in [2.05, 4.69) is 18.7 Å². The van der Waals surface area contributed by atoms with Gasteiger partial charge in [0.05, 0.1) is 17.1 Å². The summed E-state index contributed by atoms with van der Waals surface area (Å²) in [5.41, 5.74) is 0. The molecule has 17 heavy (non-hydrogen) atoms. The quantitative estimate of drug-likeness (QED) is 0.718. The molecule has 0 spiro atoms. The van der Waals surface area contributed by atoms with Crippen molar-refractivity contribution in [2.75, 3.05) is 18.8 Å². The van der Waals surface area contributed by atoms with E-state index in [9.17, 15) is 13.5 Å². The predicted octanol–water partition coefficient (Wildman–Crippen LogP) is 1.29. The summed E-state index contributed by atoms with van der Waals surface area (Å²) in [6.45, 7) is 10.6. The molecule has 0 aliphatic rings. The van der Waals surface area contributed by atoms with E-state index in [-0.39, 0.29) is 17.1 Å². The second-order valence-corrected chi connectivity index (χ2v) is 7.88. The standard InChI is InChI=1S/C12H27NO3S/c1-10(2)13(9-12(5)14)7-6-8-17(15,16)11(3)4/h10-12,14H,6-9H2,1-5H3. The van der Waals surface area contributed by atoms with Crippen LogP contribution in [-0.4, -0.2) is 54.7 Å². The van der Waals surface area contributed by atoms with Crippen LogP contribution in [0.3, 0.4) is 0 Å². The van der Waals surface area contributed by atoms with Crippen LogP contribution in [-0.2, 0) is 9.84 Å². The molecule has 4 nitrogen and oxygen atoms in total. The van der Waals surface area contributed by atoms with Gasteiger partial charge in [-0.15, -0.1) is 0 Å². The molecule has 5 heteroatoms. The summed E-state index contributed by atoms with van der Waals surface area (Å²) in [6.07, 6.45) is 0.255. The molecule has 0 radical (unpaired) electrons. The fraction of sp³-hybridized carbons (Fsp3) is 1.00. The Bertz CT molecular complexity index is 297. The summed E-state index contributed by atoms with van der Waals surface area (Å²) in [7, 11) is -2.94. The van der Waals surface area contributed by atoms with Gasteiger partial charge in [0.25, 0.3) is 0 Å². The number of nitrogens with zero attached hydrogens (tertiary/aromatic N) is 1. The number of hydrogen-bond acceptors (Lipinski definition) is 4. The molecule has 0 aromatic rings. The normalized spacial score (nSPS) is 14.9. The molecule has 0 saturated carbocycles. The fourth-order valence-electron chi connectivity index (χ4n) is 1.60. The summed E-state index contributed by atoms with van der Waals surface area (Å²) in [5.74, 6) is 0.230. The van der Waals surface area contributed by atoms with E-state index in [0.29, 0.717) is 25.6 Å². The van der Waals surface area contributed by atoms with Gasteiger partial charge in [-0.2, -0.15) is 0 Å². The van der Waals surface area contributed by atoms with Crippen molar-refractivity contribution >= 4 is 9.84 Å². The van der Waals surface area contributed by atoms with Crippen molar-refractivity contribution in [3.05, 3.63) is 0 Å². The van der Waals surface area contributed by atoms with Gasteiger partial charge in [0.1, 0.15) is 0 Å². The summed E-state index contributed by atoms with van der Waals surface area (Å²) < 4.78 is 23.3. The van der Waals surface area contributed by atoms with Crippen LogP contribution in [0.25, 0.3) is 0 Å². The van der Waals surface area contributed by atoms with Gasteiger partial charge < -0.3 is 5.11 Å². The minimum Gasteiger partial charge on any atom is -0.392 e. The molecule has 0 aromatic carbocycles. The lowest BCUT2D eigenvalue weighted by atomic mass is 10.2. The Hall–Kier alpha value is -0.130. The molecule has 0 heterocycles. The summed E-state index contributed by atoms with van der Waals surface area (Å²) in [6, 6.07) is 0.325. The highest BCUT2D eigenvalue weighted by Crippen LogP contribution is 2.06. The number of hydrogen-bond donors (Lipinski definition) is 1. The zero-order chi connectivity index (χ0) is 13.6. The first-order valence-corrected chi connectivity index (χ1v) is 8.02. The van der Waals surface area contributed by atoms with Crippen LogP contribution in [0.1, 0.15) is 41.0 Å². The van der Waals surface area contributed by atoms with Crippen LogP contribution >= 0.6 is 0 Å². The average Bonchev–Trinajstić information content (AvgIpc) is 2.14. The van der Waals surface area contributed by atoms with Gasteiger partial charge in [-0.1, -0.05) is 0 Å². The van der Waals surface area contributed by atoms with Crippen LogP contribution < -0.4 is 0 Å². The van der Waals surface area contributed by atoms with Gasteiger partial charge in [0.15, 0.2) is 9.84 Å². The first-order valence-electron chi connectivity index (χ1n) is 6.30. The van der Waals surface area contributed by atoms with Crippen molar-refractivity contribution in [2.45, 2.75) is 58.4 Å². The highest BCUT2D eigenvalue weighted by atomic mass is 32.2. The first kappa shape index (κ1) is 16.9. The SMILES string of the molecule is CC(O)CN(CCCS(=O)(=O)C(C)C)C(C)C. The number of sulfone groups is 1. The van der Waals surface area contributed by atoms with Gasteiger partial charge in [0.2, 0.25) is 0 Å². The molecule has 104 valence electrons. The lowest BCUT2D eigenvalue weighted by Crippen LogP contribution is -2.38. The molecule has 0 saturated heterocycles. The summed E-state index contributed by atoms with van der Waals surface area (Å²) in [5, 5.41) is 9.06. The number of aliphatic hydroxyl groups excluding tert-OH is 1. The Morgan fingerprint density at radius 3 is 2.00 bits per heavy atom. The molecule has 1 unspecified atom stereocenters. The Labute approximate surface area is 106 Å². The van der Waals surface area contributed by atoms with Gasteiger partial charge in [-0.3, -0.25) is 4.90 Å². The highest BCUT2D eigenvalue weighted by molar-refractivity contribution is 7.91. The Kier molecular flexibility index (Phi) is 7.28. The molecular formula is C12H27NO3S. The van der Waals surface area contributed by atoms with Crippen LogP contribution in [0.4, 0.5) is 0 Å². The second kappa shape index (κ2) is 7.34. The van der Waals surface area contributed by atoms with Crippen LogP contribution in [0, 0.1) is 0 Å². The molecular weight excluding hydrogens is 238 g/mol.